The molecule has 0 aliphatic heterocycles. The molecule has 0 saturated heterocycles. The maximum Gasteiger partial charge on any atom is 3.00 e. The van der Waals surface area contributed by atoms with E-state index in [2.05, 4.69) is 41.5 Å². The second kappa shape index (κ2) is 6.28. The minimum Gasteiger partial charge on any atom is -1.00 e. The molecule has 1 aliphatic carbocycles. The molecule has 1 aliphatic rings. The molecule has 1 rings (SSSR count). The molecule has 1 radical (unpaired) electrons. The molecule has 0 bridgehead atoms. The minimum atomic E-state index is 0. The number of halogens is 2. The number of hydrogen-bond donors (Lipinski definition) is 0. The average Bonchev–Trinajstić information content (AvgIpc) is 2.06. The Bertz CT molecular complexity index is 236. The quantitative estimate of drug-likeness (QED) is 0.337. The summed E-state index contributed by atoms with van der Waals surface area (Å²) in [6, 6.07) is 0. The van der Waals surface area contributed by atoms with Crippen molar-refractivity contribution in [3.05, 3.63) is 29.2 Å². The van der Waals surface area contributed by atoms with Crippen LogP contribution in [-0.2, 0) is 21.7 Å². The molecule has 0 fully saturated rings. The van der Waals surface area contributed by atoms with Crippen LogP contribution in [0.5, 0.6) is 0 Å². The third-order valence-electron chi connectivity index (χ3n) is 3.27. The van der Waals surface area contributed by atoms with Crippen LogP contribution in [0.2, 0.25) is 0 Å². The first-order valence-corrected chi connectivity index (χ1v) is 4.10. The minimum absolute atomic E-state index is 0. The fourth-order valence-electron chi connectivity index (χ4n) is 1.67. The molecule has 0 atom stereocenters. The van der Waals surface area contributed by atoms with Gasteiger partial charge in [-0.05, 0) is 12.3 Å². The number of hydrogen-bond acceptors (Lipinski definition) is 0. The van der Waals surface area contributed by atoms with Gasteiger partial charge < -0.3 is 24.8 Å². The smallest absolute Gasteiger partial charge is 1.00 e. The van der Waals surface area contributed by atoms with Crippen molar-refractivity contribution >= 4 is 0 Å². The van der Waals surface area contributed by atoms with E-state index in [-0.39, 0.29) is 51.9 Å². The fourth-order valence-corrected chi connectivity index (χ4v) is 1.67. The van der Waals surface area contributed by atoms with Gasteiger partial charge in [0.25, 0.3) is 0 Å². The largest absolute Gasteiger partial charge is 3.00 e. The third kappa shape index (κ3) is 2.82. The van der Waals surface area contributed by atoms with Crippen molar-refractivity contribution in [3.8, 4) is 0 Å². The molecule has 14 heavy (non-hydrogen) atoms. The van der Waals surface area contributed by atoms with Gasteiger partial charge in [0.15, 0.2) is 0 Å². The predicted octanol–water partition coefficient (Wildman–Crippen LogP) is -2.48. The van der Waals surface area contributed by atoms with Gasteiger partial charge in [0, 0.05) is 0 Å². The summed E-state index contributed by atoms with van der Waals surface area (Å²) in [5.41, 5.74) is 5.77. The van der Waals surface area contributed by atoms with E-state index >= 15 is 0 Å². The Labute approximate surface area is 115 Å². The Morgan fingerprint density at radius 3 is 1.36 bits per heavy atom. The second-order valence-electron chi connectivity index (χ2n) is 3.98. The summed E-state index contributed by atoms with van der Waals surface area (Å²) >= 11 is 0. The number of allylic oxidation sites excluding steroid dienone is 4. The Morgan fingerprint density at radius 1 is 0.929 bits per heavy atom. The first-order valence-electron chi connectivity index (χ1n) is 4.10. The Hall–Kier alpha value is 0.644. The van der Waals surface area contributed by atoms with Gasteiger partial charge in [0.2, 0.25) is 0 Å². The summed E-state index contributed by atoms with van der Waals surface area (Å²) in [6.07, 6.45) is 0. The van der Waals surface area contributed by atoms with E-state index in [1.807, 2.05) is 0 Å². The molecule has 0 aromatic carbocycles. The zero-order chi connectivity index (χ0) is 8.81. The van der Waals surface area contributed by atoms with Crippen molar-refractivity contribution in [2.24, 2.45) is 5.41 Å². The molecule has 0 aromatic rings. The first kappa shape index (κ1) is 20.1. The van der Waals surface area contributed by atoms with Crippen molar-refractivity contribution < 1.29 is 46.5 Å². The summed E-state index contributed by atoms with van der Waals surface area (Å²) < 4.78 is 0. The molecule has 0 nitrogen and oxygen atoms in total. The van der Waals surface area contributed by atoms with E-state index in [0.29, 0.717) is 0 Å². The van der Waals surface area contributed by atoms with Crippen LogP contribution in [0.1, 0.15) is 34.6 Å². The SMILES string of the molecule is [CH2-]C1=C(C)C(C)=C(C)C1(C)C.[Cl-].[Cl-].[Ti+3]. The van der Waals surface area contributed by atoms with Crippen LogP contribution in [0.15, 0.2) is 22.3 Å². The van der Waals surface area contributed by atoms with Crippen molar-refractivity contribution in [1.29, 1.82) is 0 Å². The van der Waals surface area contributed by atoms with Crippen LogP contribution in [-0.4, -0.2) is 0 Å². The molecule has 0 saturated carbocycles. The van der Waals surface area contributed by atoms with Gasteiger partial charge in [-0.25, -0.2) is 12.5 Å². The molecule has 0 aromatic heterocycles. The van der Waals surface area contributed by atoms with Gasteiger partial charge in [-0.1, -0.05) is 26.3 Å². The van der Waals surface area contributed by atoms with Crippen LogP contribution >= 0.6 is 0 Å². The average molecular weight is 268 g/mol. The van der Waals surface area contributed by atoms with Crippen LogP contribution in [0.3, 0.4) is 0 Å². The van der Waals surface area contributed by atoms with Gasteiger partial charge in [-0.3, -0.25) is 0 Å². The first-order chi connectivity index (χ1) is 4.89. The Kier molecular flexibility index (Phi) is 9.01. The monoisotopic (exact) mass is 267 g/mol. The zero-order valence-electron chi connectivity index (χ0n) is 9.46. The molecular weight excluding hydrogens is 251 g/mol. The van der Waals surface area contributed by atoms with Gasteiger partial charge >= 0.3 is 21.7 Å². The predicted molar refractivity (Wildman–Crippen MR) is 50.2 cm³/mol. The summed E-state index contributed by atoms with van der Waals surface area (Å²) in [4.78, 5) is 0. The molecule has 3 heteroatoms. The van der Waals surface area contributed by atoms with Crippen LogP contribution in [0, 0.1) is 12.3 Å². The van der Waals surface area contributed by atoms with E-state index in [0.717, 1.165) is 0 Å². The fraction of sp³-hybridized carbons (Fsp3) is 0.545. The van der Waals surface area contributed by atoms with Crippen LogP contribution in [0.4, 0.5) is 0 Å². The van der Waals surface area contributed by atoms with Gasteiger partial charge in [0.05, 0.1) is 0 Å². The summed E-state index contributed by atoms with van der Waals surface area (Å²) in [6.45, 7) is 15.1. The normalized spacial score (nSPS) is 18.4. The topological polar surface area (TPSA) is 0 Å². The van der Waals surface area contributed by atoms with Crippen molar-refractivity contribution in [3.63, 3.8) is 0 Å². The van der Waals surface area contributed by atoms with E-state index in [1.54, 1.807) is 0 Å². The van der Waals surface area contributed by atoms with Gasteiger partial charge in [-0.15, -0.1) is 12.5 Å². The second-order valence-corrected chi connectivity index (χ2v) is 3.98. The van der Waals surface area contributed by atoms with Crippen molar-refractivity contribution in [2.75, 3.05) is 0 Å². The standard InChI is InChI=1S/C11H17.2ClH.Ti/c1-7-8(2)10(4)11(5,6)9(7)3;;;/h3H2,1-2,4-6H3;2*1H;/q-1;;;+3/p-2. The maximum absolute atomic E-state index is 4.11. The Balaban J connectivity index is -0.000000403. The molecule has 79 valence electrons. The molecule has 0 unspecified atom stereocenters. The van der Waals surface area contributed by atoms with Gasteiger partial charge in [0.1, 0.15) is 0 Å². The van der Waals surface area contributed by atoms with Crippen LogP contribution in [0.25, 0.3) is 0 Å². The van der Waals surface area contributed by atoms with E-state index < -0.39 is 0 Å². The van der Waals surface area contributed by atoms with Crippen molar-refractivity contribution in [2.45, 2.75) is 34.6 Å². The molecule has 0 amide bonds. The summed E-state index contributed by atoms with van der Waals surface area (Å²) in [5.74, 6) is 0. The van der Waals surface area contributed by atoms with E-state index in [1.165, 1.54) is 22.3 Å². The molecule has 0 N–H and O–H groups in total. The molecular formula is C11H17Cl2Ti. The Morgan fingerprint density at radius 2 is 1.29 bits per heavy atom. The maximum atomic E-state index is 4.11. The third-order valence-corrected chi connectivity index (χ3v) is 3.27. The molecule has 0 heterocycles. The summed E-state index contributed by atoms with van der Waals surface area (Å²) in [7, 11) is 0. The van der Waals surface area contributed by atoms with Crippen molar-refractivity contribution in [1.82, 2.24) is 0 Å². The molecule has 0 spiro atoms. The van der Waals surface area contributed by atoms with E-state index in [9.17, 15) is 0 Å². The number of rotatable bonds is 0. The summed E-state index contributed by atoms with van der Waals surface area (Å²) in [5, 5.41) is 0. The van der Waals surface area contributed by atoms with E-state index in [4.69, 9.17) is 0 Å². The van der Waals surface area contributed by atoms with Gasteiger partial charge in [-0.2, -0.15) is 5.57 Å². The zero-order valence-corrected chi connectivity index (χ0v) is 12.5. The van der Waals surface area contributed by atoms with Crippen LogP contribution < -0.4 is 24.8 Å².